The third kappa shape index (κ3) is 7.00. The molecule has 0 amide bonds. The van der Waals surface area contributed by atoms with Crippen LogP contribution in [0.5, 0.6) is 0 Å². The zero-order chi connectivity index (χ0) is 55.9. The normalized spacial score (nSPS) is 15.5. The number of furan rings is 2. The molecule has 10 aromatic carbocycles. The lowest BCUT2D eigenvalue weighted by atomic mass is 9.33. The van der Waals surface area contributed by atoms with Crippen LogP contribution in [-0.4, -0.2) is 11.3 Å². The first-order valence-corrected chi connectivity index (χ1v) is 29.5. The van der Waals surface area contributed by atoms with E-state index in [0.29, 0.717) is 0 Å². The largest absolute Gasteiger partial charge is 0.456 e. The Morgan fingerprint density at radius 3 is 1.57 bits per heavy atom. The van der Waals surface area contributed by atoms with Crippen LogP contribution < -0.4 is 26.2 Å². The topological polar surface area (TPSA) is 37.7 Å². The molecule has 0 fully saturated rings. The maximum atomic E-state index is 7.50. The van der Waals surface area contributed by atoms with Gasteiger partial charge in [-0.25, -0.2) is 0 Å². The molecule has 0 saturated heterocycles. The van der Waals surface area contributed by atoms with Gasteiger partial charge in [-0.1, -0.05) is 178 Å². The Kier molecular flexibility index (Phi) is 10.1. The molecule has 82 heavy (non-hydrogen) atoms. The van der Waals surface area contributed by atoms with Crippen molar-refractivity contribution in [1.82, 2.24) is 4.57 Å². The molecule has 0 unspecified atom stereocenters. The summed E-state index contributed by atoms with van der Waals surface area (Å²) in [6.45, 7) is 23.3. The Hall–Kier alpha value is -8.74. The summed E-state index contributed by atoms with van der Waals surface area (Å²) in [5, 5.41) is 6.87. The summed E-state index contributed by atoms with van der Waals surface area (Å²) in [6.07, 6.45) is 2.25. The molecule has 5 nitrogen and oxygen atoms in total. The highest BCUT2D eigenvalue weighted by atomic mass is 16.3. The fourth-order valence-electron chi connectivity index (χ4n) is 14.6. The second kappa shape index (κ2) is 16.9. The Morgan fingerprint density at radius 2 is 0.951 bits per heavy atom. The second-order valence-corrected chi connectivity index (χ2v) is 27.1. The van der Waals surface area contributed by atoms with E-state index in [4.69, 9.17) is 8.83 Å². The van der Waals surface area contributed by atoms with Crippen LogP contribution in [0.25, 0.3) is 82.5 Å². The summed E-state index contributed by atoms with van der Waals surface area (Å²) in [4.78, 5) is 5.13. The summed E-state index contributed by atoms with van der Waals surface area (Å²) in [7, 11) is 0. The van der Waals surface area contributed by atoms with Gasteiger partial charge < -0.3 is 23.2 Å². The summed E-state index contributed by atoms with van der Waals surface area (Å²) >= 11 is 0. The first-order valence-electron chi connectivity index (χ1n) is 29.5. The molecule has 0 spiro atoms. The van der Waals surface area contributed by atoms with Crippen molar-refractivity contribution in [2.75, 3.05) is 9.80 Å². The SMILES string of the molecule is CC(C)(C)c1ccc2c(c1)c1cc(C(C)(C)C)ccc1n2-c1ccc2c(c1)N(c1ccccc1)c1cc(-c3ccccc3)cc3c1B2c1c(c2oc4ccccc4c2c2c1oc1ccccc12)N3c1ccc2c(c1)C(C)(C)CCC2(C)C. The summed E-state index contributed by atoms with van der Waals surface area (Å²) in [6, 6.07) is 73.1. The number of fused-ring (bicyclic) bond motifs is 17. The summed E-state index contributed by atoms with van der Waals surface area (Å²) in [5.41, 5.74) is 24.8. The number of hydrogen-bond acceptors (Lipinski definition) is 4. The Morgan fingerprint density at radius 1 is 0.415 bits per heavy atom. The molecule has 0 bridgehead atoms. The monoisotopic (exact) mass is 1060 g/mol. The van der Waals surface area contributed by atoms with Gasteiger partial charge in [0, 0.05) is 71.9 Å². The highest BCUT2D eigenvalue weighted by Gasteiger charge is 2.48. The lowest BCUT2D eigenvalue weighted by Crippen LogP contribution is -2.61. The van der Waals surface area contributed by atoms with Crippen LogP contribution in [0.3, 0.4) is 0 Å². The van der Waals surface area contributed by atoms with Crippen molar-refractivity contribution in [2.45, 2.75) is 104 Å². The molecular formula is C76H66BN3O2. The summed E-state index contributed by atoms with van der Waals surface area (Å²) in [5.74, 6) is 0. The van der Waals surface area contributed by atoms with Gasteiger partial charge in [0.2, 0.25) is 0 Å². The zero-order valence-corrected chi connectivity index (χ0v) is 48.6. The van der Waals surface area contributed by atoms with Gasteiger partial charge in [0.1, 0.15) is 16.7 Å². The molecule has 5 heterocycles. The number of benzene rings is 10. The van der Waals surface area contributed by atoms with Crippen LogP contribution in [-0.2, 0) is 21.7 Å². The van der Waals surface area contributed by atoms with Gasteiger partial charge in [0.15, 0.2) is 5.58 Å². The average Bonchev–Trinajstić information content (AvgIpc) is 1.28. The number of anilines is 6. The van der Waals surface area contributed by atoms with Crippen LogP contribution in [0.15, 0.2) is 203 Å². The van der Waals surface area contributed by atoms with E-state index < -0.39 is 0 Å². The second-order valence-electron chi connectivity index (χ2n) is 27.1. The fourth-order valence-corrected chi connectivity index (χ4v) is 14.6. The number of para-hydroxylation sites is 3. The molecule has 0 saturated carbocycles. The Balaban J connectivity index is 1.07. The number of aromatic nitrogens is 1. The summed E-state index contributed by atoms with van der Waals surface area (Å²) < 4.78 is 17.5. The van der Waals surface area contributed by atoms with Crippen molar-refractivity contribution >= 4 is 123 Å². The van der Waals surface area contributed by atoms with Crippen molar-refractivity contribution in [3.63, 3.8) is 0 Å². The van der Waals surface area contributed by atoms with E-state index in [2.05, 4.69) is 278 Å². The fraction of sp³-hybridized carbons (Fsp3) is 0.211. The third-order valence-electron chi connectivity index (χ3n) is 19.1. The lowest BCUT2D eigenvalue weighted by Gasteiger charge is -2.45. The number of hydrogen-bond donors (Lipinski definition) is 0. The molecule has 16 rings (SSSR count). The first kappa shape index (κ1) is 49.1. The molecule has 13 aromatic rings. The van der Waals surface area contributed by atoms with Crippen LogP contribution >= 0.6 is 0 Å². The quantitative estimate of drug-likeness (QED) is 0.165. The van der Waals surface area contributed by atoms with Crippen LogP contribution in [0, 0.1) is 0 Å². The van der Waals surface area contributed by atoms with Crippen LogP contribution in [0.1, 0.15) is 104 Å². The van der Waals surface area contributed by atoms with Crippen molar-refractivity contribution in [3.8, 4) is 16.8 Å². The van der Waals surface area contributed by atoms with Gasteiger partial charge in [-0.2, -0.15) is 0 Å². The standard InChI is InChI=1S/C76H66BN3O2/c1-73(2,3)47-29-35-59-54(41-47)55-42-48(74(4,5)6)30-36-60(55)79(59)51-32-34-58-61(44-51)78(49-23-15-12-16-24-49)62-39-46(45-21-13-11-14-22-45)40-63-68(62)77(58)69-70(80(63)50-31-33-56-57(43-50)76(9,10)38-37-75(56,7)8)72-67(53-26-18-20-28-65(53)82-72)66-52-25-17-19-27-64(52)81-71(66)69/h11-36,39-44H,37-38H2,1-10H3. The predicted octanol–water partition coefficient (Wildman–Crippen LogP) is 19.3. The van der Waals surface area contributed by atoms with Crippen molar-refractivity contribution < 1.29 is 8.83 Å². The molecule has 3 aliphatic rings. The minimum atomic E-state index is -0.277. The molecule has 0 atom stereocenters. The van der Waals surface area contributed by atoms with E-state index in [9.17, 15) is 0 Å². The molecule has 0 N–H and O–H groups in total. The molecule has 2 aliphatic heterocycles. The smallest absolute Gasteiger partial charge is 0.257 e. The molecular weight excluding hydrogens is 998 g/mol. The maximum absolute atomic E-state index is 7.50. The highest BCUT2D eigenvalue weighted by molar-refractivity contribution is 7.02. The van der Waals surface area contributed by atoms with E-state index in [-0.39, 0.29) is 28.4 Å². The van der Waals surface area contributed by atoms with Crippen molar-refractivity contribution in [2.24, 2.45) is 0 Å². The average molecular weight is 1060 g/mol. The van der Waals surface area contributed by atoms with E-state index in [1.165, 1.54) is 55.0 Å². The van der Waals surface area contributed by atoms with Gasteiger partial charge in [0.25, 0.3) is 6.71 Å². The van der Waals surface area contributed by atoms with Gasteiger partial charge in [-0.05, 0) is 164 Å². The molecule has 400 valence electrons. The van der Waals surface area contributed by atoms with Gasteiger partial charge in [-0.3, -0.25) is 0 Å². The minimum Gasteiger partial charge on any atom is -0.456 e. The number of nitrogens with zero attached hydrogens (tertiary/aromatic N) is 3. The van der Waals surface area contributed by atoms with Crippen LogP contribution in [0.2, 0.25) is 0 Å². The lowest BCUT2D eigenvalue weighted by molar-refractivity contribution is 0.332. The van der Waals surface area contributed by atoms with Crippen molar-refractivity contribution in [3.05, 3.63) is 216 Å². The molecule has 3 aromatic heterocycles. The van der Waals surface area contributed by atoms with Crippen molar-refractivity contribution in [1.29, 1.82) is 0 Å². The zero-order valence-electron chi connectivity index (χ0n) is 48.6. The first-order chi connectivity index (χ1) is 39.4. The third-order valence-corrected chi connectivity index (χ3v) is 19.1. The molecule has 1 aliphatic carbocycles. The highest BCUT2D eigenvalue weighted by Crippen LogP contribution is 2.54. The molecule has 0 radical (unpaired) electrons. The Bertz CT molecular complexity index is 4780. The maximum Gasteiger partial charge on any atom is 0.257 e. The van der Waals surface area contributed by atoms with E-state index in [1.54, 1.807) is 0 Å². The number of rotatable bonds is 4. The van der Waals surface area contributed by atoms with E-state index in [0.717, 1.165) is 113 Å². The Labute approximate surface area is 480 Å². The van der Waals surface area contributed by atoms with E-state index >= 15 is 0 Å². The van der Waals surface area contributed by atoms with E-state index in [1.807, 2.05) is 0 Å². The predicted molar refractivity (Wildman–Crippen MR) is 347 cm³/mol. The molecule has 6 heteroatoms. The van der Waals surface area contributed by atoms with Gasteiger partial charge in [-0.15, -0.1) is 0 Å². The minimum absolute atomic E-state index is 0.0183. The van der Waals surface area contributed by atoms with Gasteiger partial charge in [0.05, 0.1) is 16.7 Å². The van der Waals surface area contributed by atoms with Crippen LogP contribution in [0.4, 0.5) is 34.1 Å². The van der Waals surface area contributed by atoms with Gasteiger partial charge >= 0.3 is 0 Å².